The summed E-state index contributed by atoms with van der Waals surface area (Å²) in [5, 5.41) is 4.80. The molecule has 1 aliphatic heterocycles. The van der Waals surface area contributed by atoms with Gasteiger partial charge in [-0.2, -0.15) is 0 Å². The van der Waals surface area contributed by atoms with Gasteiger partial charge in [0.15, 0.2) is 6.10 Å². The molecule has 19 heavy (non-hydrogen) atoms. The van der Waals surface area contributed by atoms with Crippen molar-refractivity contribution < 1.29 is 19.1 Å². The monoisotopic (exact) mass is 376 g/mol. The van der Waals surface area contributed by atoms with E-state index in [0.717, 1.165) is 3.57 Å². The zero-order chi connectivity index (χ0) is 13.7. The van der Waals surface area contributed by atoms with Crippen molar-refractivity contribution in [1.29, 1.82) is 0 Å². The van der Waals surface area contributed by atoms with Crippen LogP contribution in [-0.2, 0) is 14.3 Å². The second kappa shape index (κ2) is 6.83. The summed E-state index contributed by atoms with van der Waals surface area (Å²) in [4.78, 5) is 23.3. The number of carbonyl (C=O) groups excluding carboxylic acids is 2. The molecule has 0 bridgehead atoms. The zero-order valence-corrected chi connectivity index (χ0v) is 12.2. The molecular formula is C12H13IN2O4. The van der Waals surface area contributed by atoms with Crippen LogP contribution in [0.25, 0.3) is 0 Å². The van der Waals surface area contributed by atoms with Gasteiger partial charge in [-0.05, 0) is 40.8 Å². The van der Waals surface area contributed by atoms with Gasteiger partial charge in [0, 0.05) is 9.26 Å². The smallest absolute Gasteiger partial charge is 0.325 e. The van der Waals surface area contributed by atoms with E-state index in [1.54, 1.807) is 12.1 Å². The van der Waals surface area contributed by atoms with E-state index in [2.05, 4.69) is 33.2 Å². The van der Waals surface area contributed by atoms with Gasteiger partial charge in [-0.25, -0.2) is 4.79 Å². The number of rotatable bonds is 2. The van der Waals surface area contributed by atoms with Gasteiger partial charge in [-0.15, -0.1) is 0 Å². The lowest BCUT2D eigenvalue weighted by atomic mass is 10.3. The first-order chi connectivity index (χ1) is 9.15. The fraction of sp³-hybridized carbons (Fsp3) is 0.333. The Bertz CT molecular complexity index is 475. The molecule has 0 aromatic heterocycles. The quantitative estimate of drug-likeness (QED) is 0.765. The van der Waals surface area contributed by atoms with E-state index in [-0.39, 0.29) is 6.61 Å². The summed E-state index contributed by atoms with van der Waals surface area (Å²) in [6.45, 7) is 0.997. The molecule has 0 saturated carbocycles. The molecule has 1 fully saturated rings. The molecule has 0 spiro atoms. The van der Waals surface area contributed by atoms with Crippen molar-refractivity contribution in [3.8, 4) is 0 Å². The van der Waals surface area contributed by atoms with Crippen molar-refractivity contribution in [2.75, 3.05) is 25.1 Å². The van der Waals surface area contributed by atoms with E-state index in [1.807, 2.05) is 12.1 Å². The molecule has 1 aliphatic rings. The molecule has 102 valence electrons. The Morgan fingerprint density at radius 2 is 2.16 bits per heavy atom. The SMILES string of the molecule is O=C(NC(=O)C1COCCO1)Nc1cccc(I)c1. The van der Waals surface area contributed by atoms with Crippen LogP contribution in [0.3, 0.4) is 0 Å². The Kier molecular flexibility index (Phi) is 5.11. The number of amides is 3. The van der Waals surface area contributed by atoms with Crippen LogP contribution in [0.15, 0.2) is 24.3 Å². The number of hydrogen-bond acceptors (Lipinski definition) is 4. The number of hydrogen-bond donors (Lipinski definition) is 2. The number of imide groups is 1. The van der Waals surface area contributed by atoms with Gasteiger partial charge in [0.1, 0.15) is 0 Å². The van der Waals surface area contributed by atoms with E-state index in [0.29, 0.717) is 18.9 Å². The predicted molar refractivity (Wildman–Crippen MR) is 76.9 cm³/mol. The minimum absolute atomic E-state index is 0.169. The molecule has 1 aromatic rings. The molecule has 7 heteroatoms. The minimum Gasteiger partial charge on any atom is -0.376 e. The number of ether oxygens (including phenoxy) is 2. The molecule has 2 N–H and O–H groups in total. The van der Waals surface area contributed by atoms with Crippen LogP contribution in [0.5, 0.6) is 0 Å². The number of nitrogens with one attached hydrogen (secondary N) is 2. The summed E-state index contributed by atoms with van der Waals surface area (Å²) < 4.78 is 11.3. The third kappa shape index (κ3) is 4.44. The van der Waals surface area contributed by atoms with E-state index >= 15 is 0 Å². The molecule has 2 rings (SSSR count). The van der Waals surface area contributed by atoms with E-state index < -0.39 is 18.0 Å². The maximum absolute atomic E-state index is 11.7. The van der Waals surface area contributed by atoms with Crippen LogP contribution in [0.4, 0.5) is 10.5 Å². The van der Waals surface area contributed by atoms with Crippen molar-refractivity contribution in [1.82, 2.24) is 5.32 Å². The molecule has 1 heterocycles. The van der Waals surface area contributed by atoms with Crippen LogP contribution >= 0.6 is 22.6 Å². The molecule has 1 atom stereocenters. The van der Waals surface area contributed by atoms with Gasteiger partial charge in [0.05, 0.1) is 19.8 Å². The first-order valence-electron chi connectivity index (χ1n) is 5.72. The third-order valence-corrected chi connectivity index (χ3v) is 3.10. The third-order valence-electron chi connectivity index (χ3n) is 2.43. The Balaban J connectivity index is 1.85. The summed E-state index contributed by atoms with van der Waals surface area (Å²) >= 11 is 2.14. The molecule has 3 amide bonds. The minimum atomic E-state index is -0.726. The second-order valence-corrected chi connectivity index (χ2v) is 5.13. The average Bonchev–Trinajstić information content (AvgIpc) is 2.39. The number of urea groups is 1. The van der Waals surface area contributed by atoms with Crippen LogP contribution in [0, 0.1) is 3.57 Å². The topological polar surface area (TPSA) is 76.7 Å². The lowest BCUT2D eigenvalue weighted by molar-refractivity contribution is -0.146. The highest BCUT2D eigenvalue weighted by Crippen LogP contribution is 2.12. The molecule has 0 radical (unpaired) electrons. The van der Waals surface area contributed by atoms with Gasteiger partial charge in [0.25, 0.3) is 5.91 Å². The first-order valence-corrected chi connectivity index (χ1v) is 6.80. The zero-order valence-electron chi connectivity index (χ0n) is 10.0. The first kappa shape index (κ1) is 14.2. The summed E-state index contributed by atoms with van der Waals surface area (Å²) in [5.41, 5.74) is 0.623. The normalized spacial score (nSPS) is 18.7. The fourth-order valence-electron chi connectivity index (χ4n) is 1.56. The molecular weight excluding hydrogens is 363 g/mol. The highest BCUT2D eigenvalue weighted by atomic mass is 127. The van der Waals surface area contributed by atoms with Crippen molar-refractivity contribution in [2.24, 2.45) is 0 Å². The summed E-state index contributed by atoms with van der Waals surface area (Å²) in [6, 6.07) is 6.68. The predicted octanol–water partition coefficient (Wildman–Crippen LogP) is 1.35. The maximum atomic E-state index is 11.7. The highest BCUT2D eigenvalue weighted by Gasteiger charge is 2.24. The van der Waals surface area contributed by atoms with Crippen LogP contribution in [0.2, 0.25) is 0 Å². The molecule has 0 aliphatic carbocycles. The van der Waals surface area contributed by atoms with Gasteiger partial charge < -0.3 is 14.8 Å². The summed E-state index contributed by atoms with van der Waals surface area (Å²) in [7, 11) is 0. The maximum Gasteiger partial charge on any atom is 0.325 e. The van der Waals surface area contributed by atoms with Crippen molar-refractivity contribution in [3.63, 3.8) is 0 Å². The van der Waals surface area contributed by atoms with Crippen molar-refractivity contribution >= 4 is 40.2 Å². The molecule has 1 unspecified atom stereocenters. The Morgan fingerprint density at radius 3 is 2.84 bits per heavy atom. The van der Waals surface area contributed by atoms with Crippen LogP contribution < -0.4 is 10.6 Å². The van der Waals surface area contributed by atoms with Gasteiger partial charge in [0.2, 0.25) is 0 Å². The molecule has 6 nitrogen and oxygen atoms in total. The molecule has 1 aromatic carbocycles. The highest BCUT2D eigenvalue weighted by molar-refractivity contribution is 14.1. The second-order valence-electron chi connectivity index (χ2n) is 3.89. The lowest BCUT2D eigenvalue weighted by Crippen LogP contribution is -2.46. The number of anilines is 1. The van der Waals surface area contributed by atoms with Crippen LogP contribution in [-0.4, -0.2) is 37.9 Å². The van der Waals surface area contributed by atoms with Crippen LogP contribution in [0.1, 0.15) is 0 Å². The number of carbonyl (C=O) groups is 2. The Morgan fingerprint density at radius 1 is 1.32 bits per heavy atom. The molecule has 1 saturated heterocycles. The largest absolute Gasteiger partial charge is 0.376 e. The Hall–Kier alpha value is -1.19. The number of halogens is 1. The fourth-order valence-corrected chi connectivity index (χ4v) is 2.10. The lowest BCUT2D eigenvalue weighted by Gasteiger charge is -2.21. The van der Waals surface area contributed by atoms with E-state index in [4.69, 9.17) is 9.47 Å². The Labute approximate surface area is 124 Å². The van der Waals surface area contributed by atoms with E-state index in [9.17, 15) is 9.59 Å². The van der Waals surface area contributed by atoms with Crippen molar-refractivity contribution in [2.45, 2.75) is 6.10 Å². The van der Waals surface area contributed by atoms with Crippen molar-refractivity contribution in [3.05, 3.63) is 27.8 Å². The average molecular weight is 376 g/mol. The standard InChI is InChI=1S/C12H13IN2O4/c13-8-2-1-3-9(6-8)14-12(17)15-11(16)10-7-18-4-5-19-10/h1-3,6,10H,4-5,7H2,(H2,14,15,16,17). The number of benzene rings is 1. The van der Waals surface area contributed by atoms with Gasteiger partial charge in [-0.1, -0.05) is 6.07 Å². The summed E-state index contributed by atoms with van der Waals surface area (Å²) in [6.07, 6.45) is -0.726. The summed E-state index contributed by atoms with van der Waals surface area (Å²) in [5.74, 6) is -0.497. The van der Waals surface area contributed by atoms with Gasteiger partial charge in [-0.3, -0.25) is 10.1 Å². The van der Waals surface area contributed by atoms with Gasteiger partial charge >= 0.3 is 6.03 Å². The van der Waals surface area contributed by atoms with E-state index in [1.165, 1.54) is 0 Å².